The van der Waals surface area contributed by atoms with Gasteiger partial charge >= 0.3 is 5.97 Å². The molecule has 0 radical (unpaired) electrons. The van der Waals surface area contributed by atoms with Crippen molar-refractivity contribution in [3.05, 3.63) is 21.4 Å². The number of fused-ring (bicyclic) bond motifs is 1. The van der Waals surface area contributed by atoms with Crippen LogP contribution in [-0.4, -0.2) is 23.5 Å². The van der Waals surface area contributed by atoms with E-state index >= 15 is 0 Å². The minimum Gasteiger partial charge on any atom is -0.481 e. The number of aryl methyl sites for hydroxylation is 2. The maximum absolute atomic E-state index is 12.2. The van der Waals surface area contributed by atoms with Gasteiger partial charge in [0.1, 0.15) is 0 Å². The fraction of sp³-hybridized carbons (Fsp3) is 0.625. The van der Waals surface area contributed by atoms with E-state index in [1.54, 1.807) is 11.3 Å². The minimum absolute atomic E-state index is 0.00161. The summed E-state index contributed by atoms with van der Waals surface area (Å²) < 4.78 is 0. The quantitative estimate of drug-likeness (QED) is 0.813. The molecule has 1 heterocycles. The predicted octanol–water partition coefficient (Wildman–Crippen LogP) is 3.10. The normalized spacial score (nSPS) is 15.0. The molecule has 0 fully saturated rings. The van der Waals surface area contributed by atoms with E-state index in [0.29, 0.717) is 12.5 Å². The number of carboxylic acids is 1. The Kier molecular flexibility index (Phi) is 5.39. The summed E-state index contributed by atoms with van der Waals surface area (Å²) in [6.07, 6.45) is 4.28. The van der Waals surface area contributed by atoms with Crippen molar-refractivity contribution in [1.82, 2.24) is 5.32 Å². The largest absolute Gasteiger partial charge is 0.481 e. The number of carboxylic acid groups (broad SMARTS) is 1. The van der Waals surface area contributed by atoms with Crippen molar-refractivity contribution in [2.75, 3.05) is 6.54 Å². The van der Waals surface area contributed by atoms with Gasteiger partial charge in [-0.3, -0.25) is 9.59 Å². The molecule has 1 amide bonds. The molecule has 1 atom stereocenters. The smallest absolute Gasteiger partial charge is 0.303 e. The minimum atomic E-state index is -0.801. The molecule has 1 aliphatic carbocycles. The molecule has 1 aliphatic rings. The van der Waals surface area contributed by atoms with Gasteiger partial charge in [-0.15, -0.1) is 11.3 Å². The van der Waals surface area contributed by atoms with E-state index in [1.165, 1.54) is 16.9 Å². The van der Waals surface area contributed by atoms with Crippen LogP contribution in [-0.2, 0) is 17.6 Å². The highest BCUT2D eigenvalue weighted by atomic mass is 32.1. The molecular formula is C16H23NO3S. The highest BCUT2D eigenvalue weighted by Crippen LogP contribution is 2.30. The topological polar surface area (TPSA) is 66.4 Å². The van der Waals surface area contributed by atoms with E-state index in [9.17, 15) is 9.59 Å². The number of carbonyl (C=O) groups is 2. The summed E-state index contributed by atoms with van der Waals surface area (Å²) in [5.41, 5.74) is 1.31. The lowest BCUT2D eigenvalue weighted by Crippen LogP contribution is -2.30. The van der Waals surface area contributed by atoms with Crippen LogP contribution in [0.4, 0.5) is 0 Å². The Morgan fingerprint density at radius 3 is 2.76 bits per heavy atom. The molecule has 0 aromatic carbocycles. The summed E-state index contributed by atoms with van der Waals surface area (Å²) in [6.45, 7) is 4.58. The number of nitrogens with one attached hydrogen (secondary N) is 1. The van der Waals surface area contributed by atoms with Gasteiger partial charge in [0, 0.05) is 17.8 Å². The number of hydrogen-bond donors (Lipinski definition) is 2. The van der Waals surface area contributed by atoms with Crippen molar-refractivity contribution in [1.29, 1.82) is 0 Å². The number of rotatable bonds is 7. The van der Waals surface area contributed by atoms with Gasteiger partial charge in [0.15, 0.2) is 0 Å². The van der Waals surface area contributed by atoms with Crippen molar-refractivity contribution >= 4 is 23.2 Å². The van der Waals surface area contributed by atoms with Crippen LogP contribution in [0.1, 0.15) is 53.2 Å². The van der Waals surface area contributed by atoms with Gasteiger partial charge in [-0.1, -0.05) is 13.8 Å². The van der Waals surface area contributed by atoms with Crippen LogP contribution in [0.2, 0.25) is 0 Å². The van der Waals surface area contributed by atoms with E-state index in [0.717, 1.165) is 24.1 Å². The van der Waals surface area contributed by atoms with Gasteiger partial charge in [-0.05, 0) is 49.1 Å². The van der Waals surface area contributed by atoms with E-state index in [-0.39, 0.29) is 18.2 Å². The Hall–Kier alpha value is -1.36. The number of carbonyl (C=O) groups excluding carboxylic acids is 1. The predicted molar refractivity (Wildman–Crippen MR) is 83.9 cm³/mol. The molecule has 1 aromatic rings. The van der Waals surface area contributed by atoms with Crippen LogP contribution >= 0.6 is 11.3 Å². The Morgan fingerprint density at radius 2 is 2.14 bits per heavy atom. The molecule has 0 bridgehead atoms. The first kappa shape index (κ1) is 16.0. The van der Waals surface area contributed by atoms with Gasteiger partial charge in [-0.25, -0.2) is 0 Å². The van der Waals surface area contributed by atoms with E-state index in [2.05, 4.69) is 19.2 Å². The molecule has 0 saturated carbocycles. The summed E-state index contributed by atoms with van der Waals surface area (Å²) in [7, 11) is 0. The summed E-state index contributed by atoms with van der Waals surface area (Å²) in [6, 6.07) is 2.00. The summed E-state index contributed by atoms with van der Waals surface area (Å²) in [5, 5.41) is 11.9. The second-order valence-corrected chi connectivity index (χ2v) is 7.35. The highest BCUT2D eigenvalue weighted by Gasteiger charge is 2.20. The van der Waals surface area contributed by atoms with Crippen molar-refractivity contribution in [2.24, 2.45) is 11.8 Å². The molecule has 2 rings (SSSR count). The van der Waals surface area contributed by atoms with Gasteiger partial charge < -0.3 is 10.4 Å². The number of thiophene rings is 1. The third-order valence-corrected chi connectivity index (χ3v) is 5.03. The number of aliphatic carboxylic acids is 1. The van der Waals surface area contributed by atoms with Crippen molar-refractivity contribution in [3.63, 3.8) is 0 Å². The molecule has 5 heteroatoms. The molecular weight excluding hydrogens is 286 g/mol. The van der Waals surface area contributed by atoms with Crippen LogP contribution in [0, 0.1) is 11.8 Å². The third-order valence-electron chi connectivity index (χ3n) is 3.79. The Morgan fingerprint density at radius 1 is 1.38 bits per heavy atom. The fourth-order valence-corrected chi connectivity index (χ4v) is 4.09. The van der Waals surface area contributed by atoms with Crippen LogP contribution in [0.25, 0.3) is 0 Å². The van der Waals surface area contributed by atoms with E-state index in [1.807, 2.05) is 6.07 Å². The first-order chi connectivity index (χ1) is 9.95. The maximum Gasteiger partial charge on any atom is 0.303 e. The van der Waals surface area contributed by atoms with Gasteiger partial charge in [-0.2, -0.15) is 0 Å². The molecule has 0 unspecified atom stereocenters. The fourth-order valence-electron chi connectivity index (χ4n) is 2.92. The first-order valence-corrected chi connectivity index (χ1v) is 8.39. The van der Waals surface area contributed by atoms with Crippen LogP contribution in [0.3, 0.4) is 0 Å². The zero-order valence-corrected chi connectivity index (χ0v) is 13.5. The van der Waals surface area contributed by atoms with Crippen molar-refractivity contribution in [2.45, 2.75) is 46.0 Å². The maximum atomic E-state index is 12.2. The summed E-state index contributed by atoms with van der Waals surface area (Å²) in [4.78, 5) is 25.2. The van der Waals surface area contributed by atoms with Crippen LogP contribution in [0.5, 0.6) is 0 Å². The van der Waals surface area contributed by atoms with Gasteiger partial charge in [0.05, 0.1) is 4.88 Å². The van der Waals surface area contributed by atoms with Crippen molar-refractivity contribution < 1.29 is 14.7 Å². The monoisotopic (exact) mass is 309 g/mol. The first-order valence-electron chi connectivity index (χ1n) is 7.57. The third kappa shape index (κ3) is 4.56. The van der Waals surface area contributed by atoms with E-state index in [4.69, 9.17) is 5.11 Å². The van der Waals surface area contributed by atoms with E-state index < -0.39 is 5.97 Å². The number of amides is 1. The lowest BCUT2D eigenvalue weighted by molar-refractivity contribution is -0.138. The molecule has 116 valence electrons. The SMILES string of the molecule is CC(C)C[C@H](CNC(=O)c1cc2c(s1)CCC2)CC(=O)O. The van der Waals surface area contributed by atoms with Gasteiger partial charge in [0.25, 0.3) is 5.91 Å². The Bertz CT molecular complexity index is 500. The summed E-state index contributed by atoms with van der Waals surface area (Å²) in [5.74, 6) is -0.436. The van der Waals surface area contributed by atoms with Crippen molar-refractivity contribution in [3.8, 4) is 0 Å². The lowest BCUT2D eigenvalue weighted by Gasteiger charge is -2.17. The van der Waals surface area contributed by atoms with Gasteiger partial charge in [0.2, 0.25) is 0 Å². The number of hydrogen-bond acceptors (Lipinski definition) is 3. The molecule has 21 heavy (non-hydrogen) atoms. The Labute approximate surface area is 129 Å². The second kappa shape index (κ2) is 7.07. The average molecular weight is 309 g/mol. The second-order valence-electron chi connectivity index (χ2n) is 6.22. The molecule has 1 aromatic heterocycles. The molecule has 0 spiro atoms. The highest BCUT2D eigenvalue weighted by molar-refractivity contribution is 7.14. The molecule has 2 N–H and O–H groups in total. The lowest BCUT2D eigenvalue weighted by atomic mass is 9.94. The standard InChI is InChI=1S/C16H23NO3S/c1-10(2)6-11(7-15(18)19)9-17-16(20)14-8-12-4-3-5-13(12)21-14/h8,10-11H,3-7,9H2,1-2H3,(H,17,20)(H,18,19)/t11-/m0/s1. The zero-order valence-electron chi connectivity index (χ0n) is 12.6. The van der Waals surface area contributed by atoms with Crippen LogP contribution < -0.4 is 5.32 Å². The van der Waals surface area contributed by atoms with Crippen LogP contribution in [0.15, 0.2) is 6.07 Å². The summed E-state index contributed by atoms with van der Waals surface area (Å²) >= 11 is 1.58. The molecule has 4 nitrogen and oxygen atoms in total. The molecule has 0 saturated heterocycles. The molecule has 0 aliphatic heterocycles. The Balaban J connectivity index is 1.89. The average Bonchev–Trinajstić information content (AvgIpc) is 2.94. The zero-order chi connectivity index (χ0) is 15.4.